The Morgan fingerprint density at radius 1 is 1.35 bits per heavy atom. The number of unbranched alkanes of at least 4 members (excludes halogenated alkanes) is 1. The second-order valence-electron chi connectivity index (χ2n) is 6.06. The van der Waals surface area contributed by atoms with Crippen LogP contribution in [0.3, 0.4) is 0 Å². The van der Waals surface area contributed by atoms with E-state index < -0.39 is 0 Å². The van der Waals surface area contributed by atoms with Crippen LogP contribution in [-0.4, -0.2) is 54.1 Å². The molecule has 1 aliphatic rings. The molecule has 0 saturated carbocycles. The first-order chi connectivity index (χ1) is 9.54. The third kappa shape index (κ3) is 4.45. The van der Waals surface area contributed by atoms with Crippen molar-refractivity contribution in [2.45, 2.75) is 78.0 Å². The van der Waals surface area contributed by atoms with E-state index in [1.165, 1.54) is 0 Å². The van der Waals surface area contributed by atoms with E-state index in [0.717, 1.165) is 45.2 Å². The molecule has 3 unspecified atom stereocenters. The molecule has 1 rings (SSSR count). The Balaban J connectivity index is 2.52. The number of rotatable bonds is 9. The van der Waals surface area contributed by atoms with E-state index in [1.807, 2.05) is 0 Å². The third-order valence-electron chi connectivity index (χ3n) is 4.62. The molecule has 1 heterocycles. The topological polar surface area (TPSA) is 35.6 Å². The predicted octanol–water partition coefficient (Wildman–Crippen LogP) is 2.44. The summed E-state index contributed by atoms with van der Waals surface area (Å²) in [7, 11) is 2.15. The monoisotopic (exact) mass is 283 g/mol. The van der Waals surface area contributed by atoms with Crippen molar-refractivity contribution in [3.63, 3.8) is 0 Å². The van der Waals surface area contributed by atoms with Gasteiger partial charge in [-0.15, -0.1) is 0 Å². The van der Waals surface area contributed by atoms with Gasteiger partial charge in [-0.3, -0.25) is 10.1 Å². The third-order valence-corrected chi connectivity index (χ3v) is 4.62. The molecule has 20 heavy (non-hydrogen) atoms. The van der Waals surface area contributed by atoms with Crippen LogP contribution in [0.25, 0.3) is 0 Å². The Labute approximate surface area is 124 Å². The summed E-state index contributed by atoms with van der Waals surface area (Å²) >= 11 is 0. The molecule has 118 valence electrons. The average molecular weight is 283 g/mol. The van der Waals surface area contributed by atoms with Crippen LogP contribution in [0.4, 0.5) is 0 Å². The van der Waals surface area contributed by atoms with Gasteiger partial charge >= 0.3 is 0 Å². The van der Waals surface area contributed by atoms with Crippen LogP contribution in [0.15, 0.2) is 0 Å². The number of carbonyl (C=O) groups is 1. The van der Waals surface area contributed by atoms with Crippen molar-refractivity contribution in [1.82, 2.24) is 15.1 Å². The number of likely N-dealkylation sites (N-methyl/N-ethyl adjacent to an activating group) is 1. The van der Waals surface area contributed by atoms with Gasteiger partial charge in [-0.05, 0) is 33.2 Å². The van der Waals surface area contributed by atoms with Gasteiger partial charge in [-0.1, -0.05) is 33.6 Å². The molecular formula is C16H33N3O. The van der Waals surface area contributed by atoms with Gasteiger partial charge in [0.2, 0.25) is 5.91 Å². The lowest BCUT2D eigenvalue weighted by Crippen LogP contribution is -2.43. The van der Waals surface area contributed by atoms with Gasteiger partial charge in [0.05, 0.1) is 12.2 Å². The molecule has 1 saturated heterocycles. The van der Waals surface area contributed by atoms with Gasteiger partial charge in [0.15, 0.2) is 0 Å². The number of nitrogens with one attached hydrogen (secondary N) is 1. The zero-order valence-corrected chi connectivity index (χ0v) is 14.0. The molecule has 1 N–H and O–H groups in total. The van der Waals surface area contributed by atoms with E-state index in [4.69, 9.17) is 0 Å². The molecule has 0 radical (unpaired) electrons. The minimum Gasteiger partial charge on any atom is -0.325 e. The normalized spacial score (nSPS) is 24.7. The standard InChI is InChI=1S/C16H33N3O/c1-6-9-10-14-16(20)19(15(8-3)17-14)12-11-18(5)13(4)7-2/h13-15,17H,6-12H2,1-5H3. The Bertz CT molecular complexity index is 295. The highest BCUT2D eigenvalue weighted by atomic mass is 16.2. The van der Waals surface area contributed by atoms with E-state index >= 15 is 0 Å². The van der Waals surface area contributed by atoms with E-state index in [2.05, 4.69) is 49.9 Å². The van der Waals surface area contributed by atoms with Gasteiger partial charge in [0.1, 0.15) is 0 Å². The number of carbonyl (C=O) groups excluding carboxylic acids is 1. The van der Waals surface area contributed by atoms with Gasteiger partial charge in [0, 0.05) is 19.1 Å². The van der Waals surface area contributed by atoms with Gasteiger partial charge < -0.3 is 9.80 Å². The molecule has 0 aromatic heterocycles. The highest BCUT2D eigenvalue weighted by Gasteiger charge is 2.36. The molecule has 0 spiro atoms. The summed E-state index contributed by atoms with van der Waals surface area (Å²) in [6.07, 6.45) is 5.62. The minimum absolute atomic E-state index is 0.0498. The molecule has 0 aromatic rings. The first-order valence-corrected chi connectivity index (χ1v) is 8.31. The fourth-order valence-corrected chi connectivity index (χ4v) is 2.76. The average Bonchev–Trinajstić information content (AvgIpc) is 2.77. The van der Waals surface area contributed by atoms with Crippen molar-refractivity contribution in [1.29, 1.82) is 0 Å². The van der Waals surface area contributed by atoms with Crippen molar-refractivity contribution in [2.75, 3.05) is 20.1 Å². The molecule has 1 aliphatic heterocycles. The summed E-state index contributed by atoms with van der Waals surface area (Å²) < 4.78 is 0. The molecule has 1 amide bonds. The summed E-state index contributed by atoms with van der Waals surface area (Å²) in [5, 5.41) is 3.50. The lowest BCUT2D eigenvalue weighted by molar-refractivity contribution is -0.130. The van der Waals surface area contributed by atoms with E-state index in [0.29, 0.717) is 11.9 Å². The van der Waals surface area contributed by atoms with Crippen LogP contribution >= 0.6 is 0 Å². The predicted molar refractivity (Wildman–Crippen MR) is 84.6 cm³/mol. The zero-order valence-electron chi connectivity index (χ0n) is 14.0. The maximum Gasteiger partial charge on any atom is 0.241 e. The van der Waals surface area contributed by atoms with Crippen molar-refractivity contribution in [2.24, 2.45) is 0 Å². The molecular weight excluding hydrogens is 250 g/mol. The van der Waals surface area contributed by atoms with Crippen LogP contribution < -0.4 is 5.32 Å². The zero-order chi connectivity index (χ0) is 15.1. The number of hydrogen-bond donors (Lipinski definition) is 1. The van der Waals surface area contributed by atoms with Gasteiger partial charge in [0.25, 0.3) is 0 Å². The molecule has 0 aromatic carbocycles. The van der Waals surface area contributed by atoms with E-state index in [9.17, 15) is 4.79 Å². The number of amides is 1. The van der Waals surface area contributed by atoms with Crippen molar-refractivity contribution < 1.29 is 4.79 Å². The quantitative estimate of drug-likeness (QED) is 0.706. The Morgan fingerprint density at radius 3 is 2.60 bits per heavy atom. The van der Waals surface area contributed by atoms with Crippen LogP contribution in [0.1, 0.15) is 59.8 Å². The molecule has 4 heteroatoms. The van der Waals surface area contributed by atoms with Crippen LogP contribution in [0, 0.1) is 0 Å². The maximum absolute atomic E-state index is 12.5. The fraction of sp³-hybridized carbons (Fsp3) is 0.938. The summed E-state index contributed by atoms with van der Waals surface area (Å²) in [5.74, 6) is 0.308. The lowest BCUT2D eigenvalue weighted by Gasteiger charge is -2.28. The Morgan fingerprint density at radius 2 is 2.05 bits per heavy atom. The number of nitrogens with zero attached hydrogens (tertiary/aromatic N) is 2. The maximum atomic E-state index is 12.5. The molecule has 0 aliphatic carbocycles. The van der Waals surface area contributed by atoms with E-state index in [-0.39, 0.29) is 12.2 Å². The minimum atomic E-state index is 0.0498. The smallest absolute Gasteiger partial charge is 0.241 e. The summed E-state index contributed by atoms with van der Waals surface area (Å²) in [6.45, 7) is 10.6. The Kier molecular flexibility index (Phi) is 7.52. The molecule has 1 fully saturated rings. The fourth-order valence-electron chi connectivity index (χ4n) is 2.76. The van der Waals surface area contributed by atoms with Crippen molar-refractivity contribution in [3.05, 3.63) is 0 Å². The summed E-state index contributed by atoms with van der Waals surface area (Å²) in [4.78, 5) is 16.9. The van der Waals surface area contributed by atoms with Gasteiger partial charge in [-0.25, -0.2) is 0 Å². The molecule has 3 atom stereocenters. The van der Waals surface area contributed by atoms with Crippen LogP contribution in [0.2, 0.25) is 0 Å². The van der Waals surface area contributed by atoms with E-state index in [1.54, 1.807) is 0 Å². The molecule has 0 bridgehead atoms. The van der Waals surface area contributed by atoms with Crippen LogP contribution in [-0.2, 0) is 4.79 Å². The second-order valence-corrected chi connectivity index (χ2v) is 6.06. The second kappa shape index (κ2) is 8.63. The van der Waals surface area contributed by atoms with Gasteiger partial charge in [-0.2, -0.15) is 0 Å². The largest absolute Gasteiger partial charge is 0.325 e. The molecule has 4 nitrogen and oxygen atoms in total. The lowest BCUT2D eigenvalue weighted by atomic mass is 10.1. The first-order valence-electron chi connectivity index (χ1n) is 8.31. The summed E-state index contributed by atoms with van der Waals surface area (Å²) in [5.41, 5.74) is 0. The highest BCUT2D eigenvalue weighted by Crippen LogP contribution is 2.17. The Hall–Kier alpha value is -0.610. The first kappa shape index (κ1) is 17.4. The van der Waals surface area contributed by atoms with Crippen LogP contribution in [0.5, 0.6) is 0 Å². The van der Waals surface area contributed by atoms with Crippen molar-refractivity contribution in [3.8, 4) is 0 Å². The number of hydrogen-bond acceptors (Lipinski definition) is 3. The highest BCUT2D eigenvalue weighted by molar-refractivity contribution is 5.84. The van der Waals surface area contributed by atoms with Crippen molar-refractivity contribution >= 4 is 5.91 Å². The SMILES string of the molecule is CCCCC1NC(CC)N(CCN(C)C(C)CC)C1=O. The summed E-state index contributed by atoms with van der Waals surface area (Å²) in [6, 6.07) is 0.630.